The fourth-order valence-corrected chi connectivity index (χ4v) is 1.74. The number of esters is 2. The molecule has 0 N–H and O–H groups in total. The van der Waals surface area contributed by atoms with E-state index in [1.807, 2.05) is 0 Å². The Kier molecular flexibility index (Phi) is 3.40. The molecular weight excluding hydrogens is 326 g/mol. The second-order valence-electron chi connectivity index (χ2n) is 3.36. The molecule has 1 aromatic carbocycles. The molecule has 4 nitrogen and oxygen atoms in total. The number of benzene rings is 1. The molecule has 1 aliphatic heterocycles. The van der Waals surface area contributed by atoms with Gasteiger partial charge in [-0.25, -0.2) is 9.59 Å². The Morgan fingerprint density at radius 2 is 1.11 bits per heavy atom. The van der Waals surface area contributed by atoms with Gasteiger partial charge in [-0.15, -0.1) is 0 Å². The van der Waals surface area contributed by atoms with Crippen LogP contribution in [0.3, 0.4) is 0 Å². The molecule has 0 amide bonds. The van der Waals surface area contributed by atoms with Crippen LogP contribution in [0.15, 0.2) is 24.3 Å². The highest BCUT2D eigenvalue weighted by atomic mass is 35.5. The van der Waals surface area contributed by atoms with Gasteiger partial charge < -0.3 is 9.47 Å². The average molecular weight is 330 g/mol. The van der Waals surface area contributed by atoms with Crippen LogP contribution in [0, 0.1) is 0 Å². The van der Waals surface area contributed by atoms with E-state index in [1.54, 1.807) is 0 Å². The smallest absolute Gasteiger partial charge is 0.341 e. The maximum absolute atomic E-state index is 11.8. The van der Waals surface area contributed by atoms with Crippen LogP contribution in [-0.4, -0.2) is 21.0 Å². The predicted molar refractivity (Wildman–Crippen MR) is 66.1 cm³/mol. The molecule has 0 fully saturated rings. The highest BCUT2D eigenvalue weighted by Gasteiger charge is 2.56. The number of cyclic esters (lactones) is 2. The van der Waals surface area contributed by atoms with Crippen molar-refractivity contribution < 1.29 is 19.1 Å². The van der Waals surface area contributed by atoms with Gasteiger partial charge in [-0.3, -0.25) is 0 Å². The molecule has 18 heavy (non-hydrogen) atoms. The first-order chi connectivity index (χ1) is 8.24. The summed E-state index contributed by atoms with van der Waals surface area (Å²) < 4.78 is 4.60. The summed E-state index contributed by atoms with van der Waals surface area (Å²) in [5, 5.41) is 0. The predicted octanol–water partition coefficient (Wildman–Crippen LogP) is 3.28. The maximum atomic E-state index is 11.8. The summed E-state index contributed by atoms with van der Waals surface area (Å²) >= 11 is 22.6. The summed E-state index contributed by atoms with van der Waals surface area (Å²) in [4.78, 5) is 23.6. The van der Waals surface area contributed by atoms with E-state index in [2.05, 4.69) is 0 Å². The van der Waals surface area contributed by atoms with Crippen LogP contribution >= 0.6 is 46.4 Å². The van der Waals surface area contributed by atoms with Crippen molar-refractivity contribution in [3.63, 3.8) is 0 Å². The van der Waals surface area contributed by atoms with Crippen molar-refractivity contribution >= 4 is 58.3 Å². The van der Waals surface area contributed by atoms with Gasteiger partial charge in [0.15, 0.2) is 0 Å². The summed E-state index contributed by atoms with van der Waals surface area (Å²) in [6.45, 7) is 0. The van der Waals surface area contributed by atoms with Crippen LogP contribution in [0.4, 0.5) is 0 Å². The van der Waals surface area contributed by atoms with Crippen LogP contribution in [0.25, 0.3) is 0 Å². The first kappa shape index (κ1) is 13.7. The van der Waals surface area contributed by atoms with E-state index in [0.29, 0.717) is 0 Å². The molecule has 0 atom stereocenters. The monoisotopic (exact) mass is 328 g/mol. The first-order valence-corrected chi connectivity index (χ1v) is 6.07. The number of hydrogen-bond acceptors (Lipinski definition) is 4. The number of fused-ring (bicyclic) bond motifs is 1. The lowest BCUT2D eigenvalue weighted by Gasteiger charge is -2.32. The molecule has 1 heterocycles. The van der Waals surface area contributed by atoms with Gasteiger partial charge in [0.25, 0.3) is 0 Å². The summed E-state index contributed by atoms with van der Waals surface area (Å²) in [5.41, 5.74) is -0.0889. The van der Waals surface area contributed by atoms with E-state index >= 15 is 0 Å². The largest absolute Gasteiger partial charge is 0.418 e. The highest BCUT2D eigenvalue weighted by molar-refractivity contribution is 6.61. The van der Waals surface area contributed by atoms with Crippen LogP contribution in [0.2, 0.25) is 0 Å². The molecule has 0 bridgehead atoms. The molecule has 96 valence electrons. The second kappa shape index (κ2) is 4.46. The van der Waals surface area contributed by atoms with Crippen LogP contribution in [-0.2, 0) is 9.47 Å². The fraction of sp³-hybridized carbons (Fsp3) is 0.200. The van der Waals surface area contributed by atoms with Crippen molar-refractivity contribution in [3.8, 4) is 0 Å². The van der Waals surface area contributed by atoms with Gasteiger partial charge in [0, 0.05) is 0 Å². The zero-order chi connectivity index (χ0) is 13.6. The van der Waals surface area contributed by atoms with Crippen molar-refractivity contribution in [1.82, 2.24) is 0 Å². The molecule has 2 rings (SSSR count). The molecule has 0 radical (unpaired) electrons. The fourth-order valence-electron chi connectivity index (χ4n) is 1.30. The quantitative estimate of drug-likeness (QED) is 0.541. The van der Waals surface area contributed by atoms with Crippen molar-refractivity contribution in [2.75, 3.05) is 0 Å². The molecular formula is C10H4Cl4O4. The topological polar surface area (TPSA) is 52.6 Å². The van der Waals surface area contributed by atoms with E-state index < -0.39 is 21.0 Å². The molecule has 0 aromatic heterocycles. The standard InChI is InChI=1S/C10H4Cl4O4/c11-9(12)10(13,14)18-8(16)6-4-2-1-3-5(6)7(15)17-9/h1-4H. The van der Waals surface area contributed by atoms with Crippen LogP contribution in [0.1, 0.15) is 20.7 Å². The SMILES string of the molecule is O=C1OC(Cl)(Cl)C(Cl)(Cl)OC(=O)c2ccccc21. The number of rotatable bonds is 0. The Labute approximate surface area is 122 Å². The van der Waals surface area contributed by atoms with Crippen LogP contribution in [0.5, 0.6) is 0 Å². The van der Waals surface area contributed by atoms with Gasteiger partial charge in [0.1, 0.15) is 0 Å². The summed E-state index contributed by atoms with van der Waals surface area (Å²) in [7, 11) is 0. The Morgan fingerprint density at radius 1 is 0.778 bits per heavy atom. The lowest BCUT2D eigenvalue weighted by Crippen LogP contribution is -2.46. The Hall–Kier alpha value is -0.680. The molecule has 0 saturated heterocycles. The van der Waals surface area contributed by atoms with Crippen LogP contribution < -0.4 is 0 Å². The third-order valence-electron chi connectivity index (χ3n) is 2.15. The second-order valence-corrected chi connectivity index (χ2v) is 5.87. The van der Waals surface area contributed by atoms with Gasteiger partial charge >= 0.3 is 21.0 Å². The third-order valence-corrected chi connectivity index (χ3v) is 3.91. The zero-order valence-corrected chi connectivity index (χ0v) is 11.5. The first-order valence-electron chi connectivity index (χ1n) is 4.56. The van der Waals surface area contributed by atoms with Gasteiger partial charge in [-0.05, 0) is 58.5 Å². The Morgan fingerprint density at radius 3 is 1.44 bits per heavy atom. The molecule has 0 unspecified atom stereocenters. The highest BCUT2D eigenvalue weighted by Crippen LogP contribution is 2.46. The molecule has 1 aromatic rings. The van der Waals surface area contributed by atoms with Crippen molar-refractivity contribution in [1.29, 1.82) is 0 Å². The number of halogens is 4. The van der Waals surface area contributed by atoms with E-state index in [-0.39, 0.29) is 11.1 Å². The van der Waals surface area contributed by atoms with E-state index in [9.17, 15) is 9.59 Å². The molecule has 0 aliphatic carbocycles. The summed E-state index contributed by atoms with van der Waals surface area (Å²) in [6, 6.07) is 5.79. The number of carbonyl (C=O) groups is 2. The lowest BCUT2D eigenvalue weighted by molar-refractivity contribution is -0.0181. The van der Waals surface area contributed by atoms with Crippen molar-refractivity contribution in [3.05, 3.63) is 35.4 Å². The van der Waals surface area contributed by atoms with E-state index in [4.69, 9.17) is 55.9 Å². The van der Waals surface area contributed by atoms with Gasteiger partial charge in [0.2, 0.25) is 0 Å². The minimum Gasteiger partial charge on any atom is -0.418 e. The van der Waals surface area contributed by atoms with Gasteiger partial charge in [-0.2, -0.15) is 0 Å². The maximum Gasteiger partial charge on any atom is 0.341 e. The van der Waals surface area contributed by atoms with Gasteiger partial charge in [0.05, 0.1) is 11.1 Å². The molecule has 0 spiro atoms. The Bertz CT molecular complexity index is 479. The number of hydrogen-bond donors (Lipinski definition) is 0. The lowest BCUT2D eigenvalue weighted by atomic mass is 10.1. The number of carbonyl (C=O) groups excluding carboxylic acids is 2. The Balaban J connectivity index is 2.57. The zero-order valence-electron chi connectivity index (χ0n) is 8.45. The molecule has 0 saturated carbocycles. The summed E-state index contributed by atoms with van der Waals surface area (Å²) in [6.07, 6.45) is 0. The molecule has 8 heteroatoms. The normalized spacial score (nSPS) is 21.1. The van der Waals surface area contributed by atoms with Crippen molar-refractivity contribution in [2.45, 2.75) is 9.04 Å². The van der Waals surface area contributed by atoms with Gasteiger partial charge in [-0.1, -0.05) is 12.1 Å². The number of alkyl halides is 4. The van der Waals surface area contributed by atoms with E-state index in [1.165, 1.54) is 24.3 Å². The van der Waals surface area contributed by atoms with E-state index in [0.717, 1.165) is 0 Å². The minimum atomic E-state index is -2.42. The third kappa shape index (κ3) is 2.26. The average Bonchev–Trinajstić information content (AvgIpc) is 2.26. The number of ether oxygens (including phenoxy) is 2. The van der Waals surface area contributed by atoms with Crippen molar-refractivity contribution in [2.24, 2.45) is 0 Å². The summed E-state index contributed by atoms with van der Waals surface area (Å²) in [5.74, 6) is -1.86. The minimum absolute atomic E-state index is 0.0444. The molecule has 1 aliphatic rings.